The smallest absolute Gasteiger partial charge is 0.0661 e. The van der Waals surface area contributed by atoms with Crippen molar-refractivity contribution in [2.45, 2.75) is 0 Å². The van der Waals surface area contributed by atoms with Gasteiger partial charge in [-0.3, -0.25) is 0 Å². The molecule has 1 aliphatic rings. The van der Waals surface area contributed by atoms with Crippen LogP contribution in [0.1, 0.15) is 0 Å². The summed E-state index contributed by atoms with van der Waals surface area (Å²) in [5, 5.41) is 8.82. The topological polar surface area (TPSA) is 23.5 Å². The number of aliphatic hydroxyl groups excluding tert-OH is 1. The van der Waals surface area contributed by atoms with Crippen molar-refractivity contribution in [1.29, 1.82) is 0 Å². The number of aliphatic hydroxyl groups is 1. The van der Waals surface area contributed by atoms with Crippen LogP contribution in [0.4, 0.5) is 0 Å². The highest BCUT2D eigenvalue weighted by atomic mass is 16.3. The first kappa shape index (κ1) is 8.08. The fourth-order valence-corrected chi connectivity index (χ4v) is 1.06. The van der Waals surface area contributed by atoms with Crippen LogP contribution in [-0.2, 0) is 0 Å². The van der Waals surface area contributed by atoms with Crippen molar-refractivity contribution in [1.82, 2.24) is 4.90 Å². The van der Waals surface area contributed by atoms with Crippen molar-refractivity contribution in [3.8, 4) is 0 Å². The Kier molecular flexibility index (Phi) is 2.93. The Hall–Kier alpha value is -1.02. The molecule has 0 aliphatic carbocycles. The van der Waals surface area contributed by atoms with Gasteiger partial charge in [-0.2, -0.15) is 0 Å². The van der Waals surface area contributed by atoms with E-state index in [1.807, 2.05) is 24.4 Å². The summed E-state index contributed by atoms with van der Waals surface area (Å²) in [5.74, 6) is 0. The zero-order valence-corrected chi connectivity index (χ0v) is 6.53. The lowest BCUT2D eigenvalue weighted by atomic mass is 10.2. The van der Waals surface area contributed by atoms with Crippen molar-refractivity contribution in [3.63, 3.8) is 0 Å². The lowest BCUT2D eigenvalue weighted by Gasteiger charge is -2.21. The quantitative estimate of drug-likeness (QED) is 0.606. The zero-order valence-electron chi connectivity index (χ0n) is 6.53. The molecule has 0 saturated carbocycles. The number of rotatable bonds is 3. The summed E-state index contributed by atoms with van der Waals surface area (Å²) in [7, 11) is 0. The highest BCUT2D eigenvalue weighted by Crippen LogP contribution is 2.05. The minimum Gasteiger partial charge on any atom is -0.392 e. The molecule has 0 unspecified atom stereocenters. The molecule has 0 saturated heterocycles. The molecule has 0 fully saturated rings. The molecule has 0 aromatic carbocycles. The van der Waals surface area contributed by atoms with E-state index in [9.17, 15) is 0 Å². The molecule has 1 rings (SSSR count). The maximum atomic E-state index is 8.82. The minimum absolute atomic E-state index is 0.151. The van der Waals surface area contributed by atoms with Gasteiger partial charge in [0.1, 0.15) is 0 Å². The van der Waals surface area contributed by atoms with Gasteiger partial charge in [-0.15, -0.1) is 6.58 Å². The molecule has 1 aliphatic heterocycles. The summed E-state index contributed by atoms with van der Waals surface area (Å²) < 4.78 is 0. The Bertz CT molecular complexity index is 194. The third-order valence-corrected chi connectivity index (χ3v) is 1.60. The Morgan fingerprint density at radius 2 is 2.55 bits per heavy atom. The first-order valence-corrected chi connectivity index (χ1v) is 3.69. The lowest BCUT2D eigenvalue weighted by Crippen LogP contribution is -2.23. The van der Waals surface area contributed by atoms with E-state index in [4.69, 9.17) is 5.11 Å². The summed E-state index contributed by atoms with van der Waals surface area (Å²) in [5.41, 5.74) is 1.05. The normalized spacial score (nSPS) is 16.5. The van der Waals surface area contributed by atoms with Crippen molar-refractivity contribution in [3.05, 3.63) is 36.6 Å². The monoisotopic (exact) mass is 151 g/mol. The maximum absolute atomic E-state index is 8.82. The summed E-state index contributed by atoms with van der Waals surface area (Å²) in [6.07, 6.45) is 7.74. The second-order valence-electron chi connectivity index (χ2n) is 2.54. The van der Waals surface area contributed by atoms with Crippen LogP contribution in [0.2, 0.25) is 0 Å². The molecule has 2 nitrogen and oxygen atoms in total. The van der Waals surface area contributed by atoms with Crippen molar-refractivity contribution >= 4 is 0 Å². The van der Waals surface area contributed by atoms with Gasteiger partial charge in [-0.25, -0.2) is 0 Å². The number of hydrogen-bond acceptors (Lipinski definition) is 2. The van der Waals surface area contributed by atoms with Crippen molar-refractivity contribution in [2.24, 2.45) is 0 Å². The fourth-order valence-electron chi connectivity index (χ4n) is 1.06. The van der Waals surface area contributed by atoms with Gasteiger partial charge in [0.25, 0.3) is 0 Å². The Morgan fingerprint density at radius 1 is 1.73 bits per heavy atom. The van der Waals surface area contributed by atoms with Crippen LogP contribution in [0.5, 0.6) is 0 Å². The van der Waals surface area contributed by atoms with Gasteiger partial charge in [0, 0.05) is 13.1 Å². The molecule has 0 aromatic heterocycles. The third-order valence-electron chi connectivity index (χ3n) is 1.60. The molecule has 60 valence electrons. The van der Waals surface area contributed by atoms with Gasteiger partial charge in [0.15, 0.2) is 0 Å². The summed E-state index contributed by atoms with van der Waals surface area (Å²) >= 11 is 0. The number of hydrogen-bond donors (Lipinski definition) is 1. The molecule has 0 bridgehead atoms. The summed E-state index contributed by atoms with van der Waals surface area (Å²) in [4.78, 5) is 2.10. The van der Waals surface area contributed by atoms with Crippen LogP contribution in [-0.4, -0.2) is 29.7 Å². The molecule has 1 N–H and O–H groups in total. The van der Waals surface area contributed by atoms with Crippen LogP contribution < -0.4 is 0 Å². The average Bonchev–Trinajstić information content (AvgIpc) is 2.06. The second kappa shape index (κ2) is 3.98. The molecule has 0 radical (unpaired) electrons. The molecule has 0 aromatic rings. The largest absolute Gasteiger partial charge is 0.392 e. The van der Waals surface area contributed by atoms with Crippen molar-refractivity contribution in [2.75, 3.05) is 19.7 Å². The van der Waals surface area contributed by atoms with E-state index >= 15 is 0 Å². The van der Waals surface area contributed by atoms with Gasteiger partial charge in [-0.05, 0) is 17.8 Å². The average molecular weight is 151 g/mol. The van der Waals surface area contributed by atoms with Gasteiger partial charge < -0.3 is 10.0 Å². The first-order chi connectivity index (χ1) is 5.36. The van der Waals surface area contributed by atoms with E-state index in [1.165, 1.54) is 0 Å². The van der Waals surface area contributed by atoms with Gasteiger partial charge >= 0.3 is 0 Å². The number of nitrogens with zero attached hydrogens (tertiary/aromatic N) is 1. The first-order valence-electron chi connectivity index (χ1n) is 3.69. The maximum Gasteiger partial charge on any atom is 0.0661 e. The Labute approximate surface area is 67.1 Å². The number of allylic oxidation sites excluding steroid dienone is 2. The molecule has 1 heterocycles. The summed E-state index contributed by atoms with van der Waals surface area (Å²) in [6.45, 7) is 5.46. The predicted molar refractivity (Wildman–Crippen MR) is 46.1 cm³/mol. The van der Waals surface area contributed by atoms with Gasteiger partial charge in [0.2, 0.25) is 0 Å². The molecule has 0 amide bonds. The second-order valence-corrected chi connectivity index (χ2v) is 2.54. The molecule has 11 heavy (non-hydrogen) atoms. The molecular weight excluding hydrogens is 138 g/mol. The predicted octanol–water partition coefficient (Wildman–Crippen LogP) is 0.920. The Balaban J connectivity index is 2.47. The van der Waals surface area contributed by atoms with E-state index in [0.29, 0.717) is 0 Å². The van der Waals surface area contributed by atoms with Gasteiger partial charge in [0.05, 0.1) is 6.61 Å². The minimum atomic E-state index is 0.151. The molecular formula is C9H13NO. The van der Waals surface area contributed by atoms with E-state index < -0.39 is 0 Å². The Morgan fingerprint density at radius 3 is 3.18 bits per heavy atom. The van der Waals surface area contributed by atoms with E-state index in [-0.39, 0.29) is 6.61 Å². The van der Waals surface area contributed by atoms with Crippen LogP contribution in [0, 0.1) is 0 Å². The fraction of sp³-hybridized carbons (Fsp3) is 0.333. The standard InChI is InChI=1S/C9H13NO/c1-2-5-10-6-3-4-9(7-10)8-11/h2-4,6,11H,1,5,7-8H2. The van der Waals surface area contributed by atoms with Crippen LogP contribution in [0.15, 0.2) is 36.6 Å². The van der Waals surface area contributed by atoms with E-state index in [2.05, 4.69) is 11.5 Å². The van der Waals surface area contributed by atoms with E-state index in [0.717, 1.165) is 18.7 Å². The van der Waals surface area contributed by atoms with Crippen LogP contribution in [0.25, 0.3) is 0 Å². The lowest BCUT2D eigenvalue weighted by molar-refractivity contribution is 0.312. The highest BCUT2D eigenvalue weighted by molar-refractivity contribution is 5.19. The molecule has 0 spiro atoms. The summed E-state index contributed by atoms with van der Waals surface area (Å²) in [6, 6.07) is 0. The van der Waals surface area contributed by atoms with Crippen LogP contribution in [0.3, 0.4) is 0 Å². The third kappa shape index (κ3) is 2.24. The SMILES string of the molecule is C=CCN1C=CC=C(CO)C1. The molecule has 0 atom stereocenters. The molecule has 2 heteroatoms. The zero-order chi connectivity index (χ0) is 8.10. The van der Waals surface area contributed by atoms with Crippen molar-refractivity contribution < 1.29 is 5.11 Å². The van der Waals surface area contributed by atoms with Crippen LogP contribution >= 0.6 is 0 Å². The highest BCUT2D eigenvalue weighted by Gasteiger charge is 2.03. The van der Waals surface area contributed by atoms with E-state index in [1.54, 1.807) is 0 Å². The van der Waals surface area contributed by atoms with Gasteiger partial charge in [-0.1, -0.05) is 12.2 Å².